The van der Waals surface area contributed by atoms with Crippen molar-refractivity contribution in [2.75, 3.05) is 13.2 Å². The van der Waals surface area contributed by atoms with E-state index in [9.17, 15) is 9.18 Å². The van der Waals surface area contributed by atoms with E-state index < -0.39 is 5.41 Å². The van der Waals surface area contributed by atoms with Crippen LogP contribution in [0.2, 0.25) is 0 Å². The Morgan fingerprint density at radius 2 is 2.00 bits per heavy atom. The van der Waals surface area contributed by atoms with Gasteiger partial charge >= 0.3 is 0 Å². The molecule has 86 valence electrons. The molecule has 1 aromatic rings. The summed E-state index contributed by atoms with van der Waals surface area (Å²) in [4.78, 5) is 11.9. The van der Waals surface area contributed by atoms with Crippen molar-refractivity contribution in [3.8, 4) is 0 Å². The van der Waals surface area contributed by atoms with E-state index in [-0.39, 0.29) is 24.9 Å². The number of hydrogen-bond donors (Lipinski definition) is 2. The van der Waals surface area contributed by atoms with Gasteiger partial charge in [0.25, 0.3) is 0 Å². The second-order valence-corrected chi connectivity index (χ2v) is 4.07. The summed E-state index contributed by atoms with van der Waals surface area (Å²) < 4.78 is 12.8. The van der Waals surface area contributed by atoms with Crippen LogP contribution in [0.4, 0.5) is 4.39 Å². The lowest BCUT2D eigenvalue weighted by atomic mass is 9.95. The Hall–Kier alpha value is -1.42. The molecule has 1 saturated carbocycles. The first kappa shape index (κ1) is 11.1. The molecule has 0 radical (unpaired) electrons. The van der Waals surface area contributed by atoms with Crippen LogP contribution >= 0.6 is 0 Å². The Morgan fingerprint density at radius 3 is 2.50 bits per heavy atom. The molecule has 1 amide bonds. The van der Waals surface area contributed by atoms with Gasteiger partial charge in [-0.15, -0.1) is 0 Å². The third-order valence-corrected chi connectivity index (χ3v) is 2.98. The highest BCUT2D eigenvalue weighted by Crippen LogP contribution is 2.48. The zero-order valence-electron chi connectivity index (χ0n) is 8.87. The minimum absolute atomic E-state index is 0.0642. The van der Waals surface area contributed by atoms with Gasteiger partial charge < -0.3 is 10.4 Å². The maximum absolute atomic E-state index is 12.8. The zero-order valence-corrected chi connectivity index (χ0v) is 8.87. The largest absolute Gasteiger partial charge is 0.395 e. The number of nitrogens with one attached hydrogen (secondary N) is 1. The lowest BCUT2D eigenvalue weighted by Crippen LogP contribution is -2.36. The average molecular weight is 223 g/mol. The van der Waals surface area contributed by atoms with E-state index in [1.165, 1.54) is 12.1 Å². The quantitative estimate of drug-likeness (QED) is 0.799. The van der Waals surface area contributed by atoms with Crippen molar-refractivity contribution in [2.45, 2.75) is 18.3 Å². The summed E-state index contributed by atoms with van der Waals surface area (Å²) in [7, 11) is 0. The zero-order chi connectivity index (χ0) is 11.6. The topological polar surface area (TPSA) is 49.3 Å². The Labute approximate surface area is 93.3 Å². The number of rotatable bonds is 4. The van der Waals surface area contributed by atoms with Crippen molar-refractivity contribution in [1.29, 1.82) is 0 Å². The first-order valence-corrected chi connectivity index (χ1v) is 5.34. The molecule has 1 aliphatic carbocycles. The van der Waals surface area contributed by atoms with Gasteiger partial charge in [0.1, 0.15) is 5.82 Å². The highest BCUT2D eigenvalue weighted by molar-refractivity contribution is 5.91. The summed E-state index contributed by atoms with van der Waals surface area (Å²) >= 11 is 0. The smallest absolute Gasteiger partial charge is 0.230 e. The molecule has 1 aliphatic rings. The van der Waals surface area contributed by atoms with E-state index in [0.717, 1.165) is 18.4 Å². The molecule has 0 saturated heterocycles. The van der Waals surface area contributed by atoms with Gasteiger partial charge in [-0.25, -0.2) is 4.39 Å². The van der Waals surface area contributed by atoms with E-state index in [2.05, 4.69) is 5.32 Å². The first-order chi connectivity index (χ1) is 7.69. The number of aliphatic hydroxyl groups excluding tert-OH is 1. The van der Waals surface area contributed by atoms with Crippen LogP contribution in [0.3, 0.4) is 0 Å². The molecule has 1 aromatic carbocycles. The van der Waals surface area contributed by atoms with E-state index in [4.69, 9.17) is 5.11 Å². The van der Waals surface area contributed by atoms with Crippen molar-refractivity contribution >= 4 is 5.91 Å². The van der Waals surface area contributed by atoms with Crippen molar-refractivity contribution in [3.63, 3.8) is 0 Å². The van der Waals surface area contributed by atoms with Crippen molar-refractivity contribution in [2.24, 2.45) is 0 Å². The summed E-state index contributed by atoms with van der Waals surface area (Å²) in [5.41, 5.74) is 0.368. The Bertz CT molecular complexity index is 385. The molecule has 0 bridgehead atoms. The van der Waals surface area contributed by atoms with Crippen LogP contribution in [0.15, 0.2) is 24.3 Å². The van der Waals surface area contributed by atoms with Gasteiger partial charge in [-0.2, -0.15) is 0 Å². The van der Waals surface area contributed by atoms with Gasteiger partial charge in [-0.05, 0) is 30.5 Å². The van der Waals surface area contributed by atoms with Crippen molar-refractivity contribution < 1.29 is 14.3 Å². The summed E-state index contributed by atoms with van der Waals surface area (Å²) in [6, 6.07) is 6.05. The minimum Gasteiger partial charge on any atom is -0.395 e. The molecular formula is C12H14FNO2. The molecule has 0 spiro atoms. The van der Waals surface area contributed by atoms with Crippen LogP contribution < -0.4 is 5.32 Å². The summed E-state index contributed by atoms with van der Waals surface area (Å²) in [6.45, 7) is 0.201. The van der Waals surface area contributed by atoms with Crippen LogP contribution in [-0.2, 0) is 10.2 Å². The Balaban J connectivity index is 2.13. The fourth-order valence-electron chi connectivity index (χ4n) is 1.88. The van der Waals surface area contributed by atoms with Crippen LogP contribution in [0.5, 0.6) is 0 Å². The standard InChI is InChI=1S/C12H14FNO2/c13-10-3-1-9(2-4-10)12(5-6-12)11(16)14-7-8-15/h1-4,15H,5-8H2,(H,14,16). The number of amides is 1. The maximum atomic E-state index is 12.8. The second-order valence-electron chi connectivity index (χ2n) is 4.07. The number of carbonyl (C=O) groups excluding carboxylic acids is 1. The molecule has 0 aromatic heterocycles. The third-order valence-electron chi connectivity index (χ3n) is 2.98. The van der Waals surface area contributed by atoms with Crippen molar-refractivity contribution in [3.05, 3.63) is 35.6 Å². The van der Waals surface area contributed by atoms with Crippen LogP contribution in [0.1, 0.15) is 18.4 Å². The average Bonchev–Trinajstić information content (AvgIpc) is 3.08. The maximum Gasteiger partial charge on any atom is 0.230 e. The minimum atomic E-state index is -0.483. The molecule has 3 nitrogen and oxygen atoms in total. The second kappa shape index (κ2) is 4.22. The first-order valence-electron chi connectivity index (χ1n) is 5.34. The van der Waals surface area contributed by atoms with Gasteiger partial charge in [0, 0.05) is 6.54 Å². The van der Waals surface area contributed by atoms with Crippen LogP contribution in [0.25, 0.3) is 0 Å². The molecule has 16 heavy (non-hydrogen) atoms. The van der Waals surface area contributed by atoms with Gasteiger partial charge in [-0.3, -0.25) is 4.79 Å². The van der Waals surface area contributed by atoms with Gasteiger partial charge in [-0.1, -0.05) is 12.1 Å². The molecule has 0 aliphatic heterocycles. The van der Waals surface area contributed by atoms with E-state index >= 15 is 0 Å². The van der Waals surface area contributed by atoms with E-state index in [1.807, 2.05) is 0 Å². The van der Waals surface area contributed by atoms with Crippen LogP contribution in [0, 0.1) is 5.82 Å². The van der Waals surface area contributed by atoms with Gasteiger partial charge in [0.15, 0.2) is 0 Å². The lowest BCUT2D eigenvalue weighted by Gasteiger charge is -2.15. The lowest BCUT2D eigenvalue weighted by molar-refractivity contribution is -0.123. The highest BCUT2D eigenvalue weighted by atomic mass is 19.1. The SMILES string of the molecule is O=C(NCCO)C1(c2ccc(F)cc2)CC1. The van der Waals surface area contributed by atoms with Crippen molar-refractivity contribution in [1.82, 2.24) is 5.32 Å². The van der Waals surface area contributed by atoms with Gasteiger partial charge in [0.05, 0.1) is 12.0 Å². The predicted molar refractivity (Wildman–Crippen MR) is 57.4 cm³/mol. The molecule has 0 heterocycles. The molecular weight excluding hydrogens is 209 g/mol. The van der Waals surface area contributed by atoms with Crippen LogP contribution in [-0.4, -0.2) is 24.2 Å². The summed E-state index contributed by atoms with van der Waals surface area (Å²) in [6.07, 6.45) is 1.58. The number of carbonyl (C=O) groups is 1. The molecule has 1 fully saturated rings. The normalized spacial score (nSPS) is 16.9. The molecule has 0 unspecified atom stereocenters. The number of benzene rings is 1. The molecule has 2 N–H and O–H groups in total. The monoisotopic (exact) mass is 223 g/mol. The van der Waals surface area contributed by atoms with E-state index in [1.54, 1.807) is 12.1 Å². The fourth-order valence-corrected chi connectivity index (χ4v) is 1.88. The number of halogens is 1. The molecule has 2 rings (SSSR count). The Morgan fingerprint density at radius 1 is 1.38 bits per heavy atom. The molecule has 0 atom stereocenters. The summed E-state index contributed by atoms with van der Waals surface area (Å²) in [5.74, 6) is -0.372. The predicted octanol–water partition coefficient (Wildman–Crippen LogP) is 0.966. The fraction of sp³-hybridized carbons (Fsp3) is 0.417. The molecule has 4 heteroatoms. The van der Waals surface area contributed by atoms with E-state index in [0.29, 0.717) is 0 Å². The van der Waals surface area contributed by atoms with Gasteiger partial charge in [0.2, 0.25) is 5.91 Å². The summed E-state index contributed by atoms with van der Waals surface area (Å²) in [5, 5.41) is 11.3. The highest BCUT2D eigenvalue weighted by Gasteiger charge is 2.50. The third kappa shape index (κ3) is 1.93. The number of aliphatic hydroxyl groups is 1. The number of hydrogen-bond acceptors (Lipinski definition) is 2. The Kier molecular flexibility index (Phi) is 2.92.